The Balaban J connectivity index is 1.65. The van der Waals surface area contributed by atoms with Crippen LogP contribution in [0.25, 0.3) is 0 Å². The lowest BCUT2D eigenvalue weighted by Gasteiger charge is -2.18. The standard InChI is InChI=1S/C26H32N6O3/c1-31(2)15-6-9-22(33)32-16-14-19(17-32)30-25(28)23(26(29)34)24(27)18-10-12-21(13-11-18)35-20-7-4-3-5-8-20/h3-13,19,27,30H,14-17,28H2,1-2H3,(H2,29,34)/b9-6+,25-23+,27-24?. The highest BCUT2D eigenvalue weighted by Gasteiger charge is 2.27. The third-order valence-corrected chi connectivity index (χ3v) is 5.48. The first-order valence-electron chi connectivity index (χ1n) is 11.3. The van der Waals surface area contributed by atoms with Gasteiger partial charge in [-0.25, -0.2) is 0 Å². The Morgan fingerprint density at radius 1 is 1.11 bits per heavy atom. The van der Waals surface area contributed by atoms with Gasteiger partial charge in [-0.05, 0) is 56.9 Å². The lowest BCUT2D eigenvalue weighted by Crippen LogP contribution is -2.39. The van der Waals surface area contributed by atoms with Gasteiger partial charge in [0.15, 0.2) is 0 Å². The summed E-state index contributed by atoms with van der Waals surface area (Å²) in [6, 6.07) is 16.0. The van der Waals surface area contributed by atoms with Crippen LogP contribution in [0.5, 0.6) is 11.5 Å². The van der Waals surface area contributed by atoms with E-state index in [0.717, 1.165) is 0 Å². The monoisotopic (exact) mass is 476 g/mol. The van der Waals surface area contributed by atoms with Crippen molar-refractivity contribution in [3.05, 3.63) is 83.7 Å². The first kappa shape index (κ1) is 25.5. The molecule has 0 saturated carbocycles. The second kappa shape index (κ2) is 11.8. The van der Waals surface area contributed by atoms with Crippen LogP contribution in [0.15, 0.2) is 78.1 Å². The molecule has 35 heavy (non-hydrogen) atoms. The summed E-state index contributed by atoms with van der Waals surface area (Å²) in [6.07, 6.45) is 4.05. The molecule has 0 aromatic heterocycles. The third kappa shape index (κ3) is 7.18. The Hall–Kier alpha value is -4.11. The fourth-order valence-electron chi connectivity index (χ4n) is 3.69. The zero-order valence-corrected chi connectivity index (χ0v) is 20.0. The molecule has 1 fully saturated rings. The summed E-state index contributed by atoms with van der Waals surface area (Å²) in [5, 5.41) is 11.6. The first-order valence-corrected chi connectivity index (χ1v) is 11.3. The van der Waals surface area contributed by atoms with Crippen LogP contribution in [0.1, 0.15) is 12.0 Å². The molecule has 1 saturated heterocycles. The summed E-state index contributed by atoms with van der Waals surface area (Å²) < 4.78 is 5.77. The molecule has 0 bridgehead atoms. The van der Waals surface area contributed by atoms with Crippen molar-refractivity contribution in [1.29, 1.82) is 5.41 Å². The number of carbonyl (C=O) groups is 2. The summed E-state index contributed by atoms with van der Waals surface area (Å²) in [7, 11) is 3.86. The molecule has 0 spiro atoms. The summed E-state index contributed by atoms with van der Waals surface area (Å²) in [5.74, 6) is 0.439. The van der Waals surface area contributed by atoms with Crippen LogP contribution in [-0.4, -0.2) is 67.1 Å². The van der Waals surface area contributed by atoms with E-state index in [0.29, 0.717) is 43.1 Å². The van der Waals surface area contributed by atoms with Gasteiger partial charge < -0.3 is 31.3 Å². The van der Waals surface area contributed by atoms with Gasteiger partial charge in [0.05, 0.1) is 5.71 Å². The number of amides is 2. The van der Waals surface area contributed by atoms with Gasteiger partial charge in [0.2, 0.25) is 5.91 Å². The Morgan fingerprint density at radius 2 is 1.77 bits per heavy atom. The van der Waals surface area contributed by atoms with Gasteiger partial charge in [0, 0.05) is 37.3 Å². The maximum atomic E-state index is 12.4. The van der Waals surface area contributed by atoms with Crippen LogP contribution >= 0.6 is 0 Å². The van der Waals surface area contributed by atoms with Crippen molar-refractivity contribution in [3.8, 4) is 11.5 Å². The lowest BCUT2D eigenvalue weighted by molar-refractivity contribution is -0.125. The zero-order chi connectivity index (χ0) is 25.4. The number of hydrogen-bond acceptors (Lipinski definition) is 7. The van der Waals surface area contributed by atoms with Crippen LogP contribution in [0.4, 0.5) is 0 Å². The fourth-order valence-corrected chi connectivity index (χ4v) is 3.69. The van der Waals surface area contributed by atoms with Gasteiger partial charge >= 0.3 is 0 Å². The summed E-state index contributed by atoms with van der Waals surface area (Å²) in [6.45, 7) is 1.69. The number of para-hydroxylation sites is 1. The van der Waals surface area contributed by atoms with Crippen molar-refractivity contribution in [1.82, 2.24) is 15.1 Å². The third-order valence-electron chi connectivity index (χ3n) is 5.48. The largest absolute Gasteiger partial charge is 0.457 e. The molecule has 9 heteroatoms. The molecule has 2 amide bonds. The van der Waals surface area contributed by atoms with Gasteiger partial charge in [0.25, 0.3) is 5.91 Å². The molecule has 184 valence electrons. The lowest BCUT2D eigenvalue weighted by atomic mass is 10.0. The van der Waals surface area contributed by atoms with Crippen LogP contribution in [0.2, 0.25) is 0 Å². The minimum atomic E-state index is -0.804. The second-order valence-corrected chi connectivity index (χ2v) is 8.55. The van der Waals surface area contributed by atoms with Crippen LogP contribution < -0.4 is 21.5 Å². The highest BCUT2D eigenvalue weighted by molar-refractivity contribution is 6.26. The van der Waals surface area contributed by atoms with Crippen molar-refractivity contribution in [3.63, 3.8) is 0 Å². The van der Waals surface area contributed by atoms with Gasteiger partial charge in [-0.15, -0.1) is 0 Å². The van der Waals surface area contributed by atoms with Gasteiger partial charge in [-0.2, -0.15) is 0 Å². The summed E-state index contributed by atoms with van der Waals surface area (Å²) in [5.41, 5.74) is 12.0. The van der Waals surface area contributed by atoms with E-state index >= 15 is 0 Å². The molecule has 0 aliphatic carbocycles. The number of likely N-dealkylation sites (N-methyl/N-ethyl adjacent to an activating group) is 1. The van der Waals surface area contributed by atoms with E-state index in [1.165, 1.54) is 0 Å². The van der Waals surface area contributed by atoms with E-state index in [-0.39, 0.29) is 29.1 Å². The van der Waals surface area contributed by atoms with E-state index in [1.54, 1.807) is 35.2 Å². The number of carbonyl (C=O) groups excluding carboxylic acids is 2. The average molecular weight is 477 g/mol. The number of nitrogens with two attached hydrogens (primary N) is 2. The number of hydrogen-bond donors (Lipinski definition) is 4. The van der Waals surface area contributed by atoms with Crippen molar-refractivity contribution in [2.45, 2.75) is 12.5 Å². The molecule has 6 N–H and O–H groups in total. The summed E-state index contributed by atoms with van der Waals surface area (Å²) >= 11 is 0. The predicted octanol–water partition coefficient (Wildman–Crippen LogP) is 1.81. The van der Waals surface area contributed by atoms with Crippen molar-refractivity contribution in [2.24, 2.45) is 11.5 Å². The highest BCUT2D eigenvalue weighted by Crippen LogP contribution is 2.22. The molecule has 1 aliphatic heterocycles. The minimum absolute atomic E-state index is 0.0227. The van der Waals surface area contributed by atoms with E-state index < -0.39 is 5.91 Å². The zero-order valence-electron chi connectivity index (χ0n) is 20.0. The molecule has 3 rings (SSSR count). The molecule has 2 aromatic carbocycles. The Kier molecular flexibility index (Phi) is 8.63. The van der Waals surface area contributed by atoms with E-state index in [1.807, 2.05) is 55.4 Å². The van der Waals surface area contributed by atoms with Crippen LogP contribution in [0.3, 0.4) is 0 Å². The molecule has 9 nitrogen and oxygen atoms in total. The number of ether oxygens (including phenoxy) is 1. The molecule has 1 unspecified atom stereocenters. The quantitative estimate of drug-likeness (QED) is 0.305. The van der Waals surface area contributed by atoms with Crippen molar-refractivity contribution < 1.29 is 14.3 Å². The molecule has 2 aromatic rings. The molecular weight excluding hydrogens is 444 g/mol. The van der Waals surface area contributed by atoms with Gasteiger partial charge in [-0.1, -0.05) is 24.3 Å². The molecular formula is C26H32N6O3. The van der Waals surface area contributed by atoms with Crippen molar-refractivity contribution >= 4 is 17.5 Å². The maximum Gasteiger partial charge on any atom is 0.254 e. The summed E-state index contributed by atoms with van der Waals surface area (Å²) in [4.78, 5) is 28.2. The van der Waals surface area contributed by atoms with E-state index in [2.05, 4.69) is 5.32 Å². The maximum absolute atomic E-state index is 12.4. The van der Waals surface area contributed by atoms with E-state index in [9.17, 15) is 9.59 Å². The number of primary amides is 1. The van der Waals surface area contributed by atoms with Crippen LogP contribution in [-0.2, 0) is 9.59 Å². The molecule has 0 radical (unpaired) electrons. The van der Waals surface area contributed by atoms with Crippen molar-refractivity contribution in [2.75, 3.05) is 33.7 Å². The highest BCUT2D eigenvalue weighted by atomic mass is 16.5. The topological polar surface area (TPSA) is 138 Å². The fraction of sp³-hybridized carbons (Fsp3) is 0.269. The Bertz CT molecular complexity index is 1110. The van der Waals surface area contributed by atoms with Gasteiger partial charge in [-0.3, -0.25) is 15.0 Å². The molecule has 1 atom stereocenters. The average Bonchev–Trinajstić information content (AvgIpc) is 3.28. The second-order valence-electron chi connectivity index (χ2n) is 8.55. The molecule has 1 heterocycles. The van der Waals surface area contributed by atoms with Gasteiger partial charge in [0.1, 0.15) is 22.9 Å². The predicted molar refractivity (Wildman–Crippen MR) is 136 cm³/mol. The Labute approximate surface area is 205 Å². The number of likely N-dealkylation sites (tertiary alicyclic amines) is 1. The Morgan fingerprint density at radius 3 is 2.40 bits per heavy atom. The number of rotatable bonds is 10. The number of benzene rings is 2. The normalized spacial score (nSPS) is 16.3. The number of nitrogens with zero attached hydrogens (tertiary/aromatic N) is 2. The minimum Gasteiger partial charge on any atom is -0.457 e. The van der Waals surface area contributed by atoms with Crippen LogP contribution in [0, 0.1) is 5.41 Å². The SMILES string of the molecule is CN(C)C/C=C/C(=O)N1CCC(N/C(N)=C(\C(=N)c2ccc(Oc3ccccc3)cc2)C(N)=O)C1. The molecule has 1 aliphatic rings. The smallest absolute Gasteiger partial charge is 0.254 e. The first-order chi connectivity index (χ1) is 16.7. The van der Waals surface area contributed by atoms with E-state index in [4.69, 9.17) is 21.6 Å². The number of nitrogens with one attached hydrogen (secondary N) is 2.